The molecule has 0 atom stereocenters. The number of pyridine rings is 2. The summed E-state index contributed by atoms with van der Waals surface area (Å²) < 4.78 is 10.3. The Balaban J connectivity index is 1.48. The fraction of sp³-hybridized carbons (Fsp3) is 0.294. The zero-order valence-electron chi connectivity index (χ0n) is 13.9. The van der Waals surface area contributed by atoms with E-state index in [1.54, 1.807) is 31.6 Å². The van der Waals surface area contributed by atoms with Gasteiger partial charge in [-0.15, -0.1) is 0 Å². The normalized spacial score (nSPS) is 10.8. The van der Waals surface area contributed by atoms with Gasteiger partial charge in [0, 0.05) is 32.2 Å². The number of carbonyl (C=O) groups is 1. The Morgan fingerprint density at radius 3 is 2.92 bits per heavy atom. The lowest BCUT2D eigenvalue weighted by Gasteiger charge is -2.07. The first-order valence-corrected chi connectivity index (χ1v) is 7.92. The van der Waals surface area contributed by atoms with Gasteiger partial charge < -0.3 is 19.8 Å². The number of aromatic nitrogens is 4. The first kappa shape index (κ1) is 16.8. The molecule has 0 fully saturated rings. The van der Waals surface area contributed by atoms with Crippen LogP contribution >= 0.6 is 0 Å². The zero-order chi connectivity index (χ0) is 17.5. The third-order valence-electron chi connectivity index (χ3n) is 3.45. The molecule has 0 unspecified atom stereocenters. The minimum absolute atomic E-state index is 0.108. The van der Waals surface area contributed by atoms with Crippen molar-refractivity contribution in [1.29, 1.82) is 0 Å². The summed E-state index contributed by atoms with van der Waals surface area (Å²) in [6.45, 7) is 0.930. The third-order valence-corrected chi connectivity index (χ3v) is 3.45. The highest BCUT2D eigenvalue weighted by molar-refractivity contribution is 5.90. The van der Waals surface area contributed by atoms with Crippen molar-refractivity contribution in [3.8, 4) is 5.88 Å². The van der Waals surface area contributed by atoms with Gasteiger partial charge in [0.1, 0.15) is 12.4 Å². The van der Waals surface area contributed by atoms with E-state index >= 15 is 0 Å². The van der Waals surface area contributed by atoms with Crippen LogP contribution < -0.4 is 10.1 Å². The van der Waals surface area contributed by atoms with Gasteiger partial charge in [0.15, 0.2) is 5.65 Å². The Morgan fingerprint density at radius 2 is 2.16 bits per heavy atom. The van der Waals surface area contributed by atoms with E-state index < -0.39 is 0 Å². The fourth-order valence-electron chi connectivity index (χ4n) is 2.24. The van der Waals surface area contributed by atoms with E-state index in [-0.39, 0.29) is 5.91 Å². The lowest BCUT2D eigenvalue weighted by atomic mass is 10.3. The standard InChI is InChI=1S/C17H19N5O3/c1-24-9-10-25-16-7-4-12(11-19-16)20-15(23)6-5-14-21-13-3-2-8-18-17(13)22-14/h2-4,7-8,11H,5-6,9-10H2,1H3,(H,20,23)(H,18,21,22). The van der Waals surface area contributed by atoms with E-state index in [0.29, 0.717) is 43.3 Å². The molecule has 3 heterocycles. The molecule has 3 aromatic rings. The second-order valence-electron chi connectivity index (χ2n) is 5.33. The van der Waals surface area contributed by atoms with Gasteiger partial charge in [-0.2, -0.15) is 0 Å². The number of rotatable bonds is 8. The monoisotopic (exact) mass is 341 g/mol. The molecule has 8 nitrogen and oxygen atoms in total. The topological polar surface area (TPSA) is 102 Å². The number of ether oxygens (including phenoxy) is 2. The molecule has 0 bridgehead atoms. The molecule has 0 saturated carbocycles. The predicted octanol–water partition coefficient (Wildman–Crippen LogP) is 1.95. The van der Waals surface area contributed by atoms with Crippen LogP contribution in [0.4, 0.5) is 5.69 Å². The molecule has 0 radical (unpaired) electrons. The van der Waals surface area contributed by atoms with E-state index in [2.05, 4.69) is 25.3 Å². The van der Waals surface area contributed by atoms with Crippen LogP contribution in [0, 0.1) is 0 Å². The molecule has 25 heavy (non-hydrogen) atoms. The number of methoxy groups -OCH3 is 1. The van der Waals surface area contributed by atoms with Crippen molar-refractivity contribution in [2.45, 2.75) is 12.8 Å². The summed E-state index contributed by atoms with van der Waals surface area (Å²) in [4.78, 5) is 27.9. The molecule has 0 saturated heterocycles. The molecule has 0 spiro atoms. The number of nitrogens with one attached hydrogen (secondary N) is 2. The maximum absolute atomic E-state index is 12.1. The van der Waals surface area contributed by atoms with E-state index in [4.69, 9.17) is 9.47 Å². The summed E-state index contributed by atoms with van der Waals surface area (Å²) in [5, 5.41) is 2.80. The molecule has 0 aliphatic carbocycles. The van der Waals surface area contributed by atoms with E-state index in [0.717, 1.165) is 11.3 Å². The SMILES string of the molecule is COCCOc1ccc(NC(=O)CCc2nc3ncccc3[nH]2)cn1. The summed E-state index contributed by atoms with van der Waals surface area (Å²) in [5.41, 5.74) is 2.15. The minimum Gasteiger partial charge on any atom is -0.475 e. The number of nitrogens with zero attached hydrogens (tertiary/aromatic N) is 3. The van der Waals surface area contributed by atoms with Crippen LogP contribution in [0.25, 0.3) is 11.2 Å². The molecule has 3 rings (SSSR count). The van der Waals surface area contributed by atoms with Crippen molar-refractivity contribution in [3.63, 3.8) is 0 Å². The molecule has 0 aliphatic rings. The number of amides is 1. The summed E-state index contributed by atoms with van der Waals surface area (Å²) in [6, 6.07) is 7.20. The molecule has 8 heteroatoms. The second-order valence-corrected chi connectivity index (χ2v) is 5.33. The van der Waals surface area contributed by atoms with Gasteiger partial charge in [-0.25, -0.2) is 15.0 Å². The minimum atomic E-state index is -0.108. The first-order chi connectivity index (χ1) is 12.2. The van der Waals surface area contributed by atoms with Crippen LogP contribution in [0.1, 0.15) is 12.2 Å². The molecule has 2 N–H and O–H groups in total. The smallest absolute Gasteiger partial charge is 0.224 e. The summed E-state index contributed by atoms with van der Waals surface area (Å²) in [5.74, 6) is 1.12. The lowest BCUT2D eigenvalue weighted by molar-refractivity contribution is -0.116. The maximum atomic E-state index is 12.1. The highest BCUT2D eigenvalue weighted by Crippen LogP contribution is 2.13. The predicted molar refractivity (Wildman–Crippen MR) is 92.4 cm³/mol. The average Bonchev–Trinajstić information content (AvgIpc) is 3.05. The Labute approximate surface area is 144 Å². The first-order valence-electron chi connectivity index (χ1n) is 7.92. The van der Waals surface area contributed by atoms with Crippen LogP contribution in [0.3, 0.4) is 0 Å². The van der Waals surface area contributed by atoms with Gasteiger partial charge in [0.05, 0.1) is 24.0 Å². The molecular formula is C17H19N5O3. The number of anilines is 1. The maximum Gasteiger partial charge on any atom is 0.224 e. The van der Waals surface area contributed by atoms with Crippen LogP contribution in [0.5, 0.6) is 5.88 Å². The quantitative estimate of drug-likeness (QED) is 0.607. The summed E-state index contributed by atoms with van der Waals surface area (Å²) in [7, 11) is 1.61. The Bertz CT molecular complexity index is 799. The highest BCUT2D eigenvalue weighted by Gasteiger charge is 2.07. The summed E-state index contributed by atoms with van der Waals surface area (Å²) in [6.07, 6.45) is 4.07. The number of imidazole rings is 1. The number of hydrogen-bond acceptors (Lipinski definition) is 6. The second kappa shape index (κ2) is 8.20. The van der Waals surface area contributed by atoms with E-state index in [1.807, 2.05) is 12.1 Å². The number of aromatic amines is 1. The van der Waals surface area contributed by atoms with Gasteiger partial charge in [0.2, 0.25) is 11.8 Å². The van der Waals surface area contributed by atoms with E-state index in [9.17, 15) is 4.79 Å². The zero-order valence-corrected chi connectivity index (χ0v) is 13.9. The molecule has 0 aromatic carbocycles. The van der Waals surface area contributed by atoms with Crippen molar-refractivity contribution in [2.24, 2.45) is 0 Å². The highest BCUT2D eigenvalue weighted by atomic mass is 16.5. The molecule has 0 aliphatic heterocycles. The van der Waals surface area contributed by atoms with Crippen LogP contribution in [-0.4, -0.2) is 46.2 Å². The third kappa shape index (κ3) is 4.74. The van der Waals surface area contributed by atoms with Gasteiger partial charge in [-0.1, -0.05) is 0 Å². The molecule has 3 aromatic heterocycles. The van der Waals surface area contributed by atoms with Crippen molar-refractivity contribution in [3.05, 3.63) is 42.5 Å². The van der Waals surface area contributed by atoms with Gasteiger partial charge in [0.25, 0.3) is 0 Å². The number of H-pyrrole nitrogens is 1. The Hall–Kier alpha value is -3.00. The van der Waals surface area contributed by atoms with Gasteiger partial charge in [-0.3, -0.25) is 4.79 Å². The van der Waals surface area contributed by atoms with Crippen molar-refractivity contribution in [1.82, 2.24) is 19.9 Å². The lowest BCUT2D eigenvalue weighted by Crippen LogP contribution is -2.13. The van der Waals surface area contributed by atoms with Crippen molar-refractivity contribution >= 4 is 22.8 Å². The number of carbonyl (C=O) groups excluding carboxylic acids is 1. The van der Waals surface area contributed by atoms with E-state index in [1.165, 1.54) is 0 Å². The van der Waals surface area contributed by atoms with Crippen molar-refractivity contribution in [2.75, 3.05) is 25.6 Å². The number of aryl methyl sites for hydroxylation is 1. The van der Waals surface area contributed by atoms with Crippen LogP contribution in [0.2, 0.25) is 0 Å². The largest absolute Gasteiger partial charge is 0.475 e. The number of fused-ring (bicyclic) bond motifs is 1. The van der Waals surface area contributed by atoms with Crippen LogP contribution in [0.15, 0.2) is 36.7 Å². The van der Waals surface area contributed by atoms with Crippen molar-refractivity contribution < 1.29 is 14.3 Å². The molecule has 1 amide bonds. The Kier molecular flexibility index (Phi) is 5.53. The summed E-state index contributed by atoms with van der Waals surface area (Å²) >= 11 is 0. The molecule has 130 valence electrons. The average molecular weight is 341 g/mol. The Morgan fingerprint density at radius 1 is 1.24 bits per heavy atom. The fourth-order valence-corrected chi connectivity index (χ4v) is 2.24. The number of hydrogen-bond donors (Lipinski definition) is 2. The van der Waals surface area contributed by atoms with Crippen LogP contribution in [-0.2, 0) is 16.0 Å². The molecular weight excluding hydrogens is 322 g/mol. The van der Waals surface area contributed by atoms with Gasteiger partial charge in [-0.05, 0) is 18.2 Å². The van der Waals surface area contributed by atoms with Gasteiger partial charge >= 0.3 is 0 Å².